The van der Waals surface area contributed by atoms with Crippen molar-refractivity contribution in [3.63, 3.8) is 0 Å². The van der Waals surface area contributed by atoms with Crippen LogP contribution in [0.3, 0.4) is 0 Å². The number of hydrogen-bond donors (Lipinski definition) is 1. The van der Waals surface area contributed by atoms with Gasteiger partial charge in [-0.3, -0.25) is 0 Å². The molecule has 0 fully saturated rings. The zero-order valence-corrected chi connectivity index (χ0v) is 12.3. The maximum atomic E-state index is 12.3. The zero-order chi connectivity index (χ0) is 14.0. The van der Waals surface area contributed by atoms with Gasteiger partial charge in [0.2, 0.25) is 10.0 Å². The number of benzene rings is 1. The van der Waals surface area contributed by atoms with E-state index < -0.39 is 10.0 Å². The molecule has 0 aliphatic carbocycles. The maximum absolute atomic E-state index is 12.3. The molecule has 0 aromatic heterocycles. The Hall–Kier alpha value is -0.910. The second kappa shape index (κ2) is 5.38. The lowest BCUT2D eigenvalue weighted by Crippen LogP contribution is -2.34. The summed E-state index contributed by atoms with van der Waals surface area (Å²) in [4.78, 5) is 0.312. The molecule has 0 heterocycles. The number of nitrogens with zero attached hydrogens (tertiary/aromatic N) is 1. The molecule has 0 amide bonds. The molecule has 0 spiro atoms. The molecular weight excluding hydrogens is 248 g/mol. The molecule has 1 aromatic carbocycles. The van der Waals surface area contributed by atoms with Crippen LogP contribution in [-0.2, 0) is 16.6 Å². The number of nitrogens with two attached hydrogens (primary N) is 1. The van der Waals surface area contributed by atoms with Crippen molar-refractivity contribution in [1.29, 1.82) is 0 Å². The van der Waals surface area contributed by atoms with E-state index in [-0.39, 0.29) is 5.41 Å². The van der Waals surface area contributed by atoms with Crippen LogP contribution in [-0.4, -0.2) is 26.3 Å². The third kappa shape index (κ3) is 3.80. The van der Waals surface area contributed by atoms with Crippen LogP contribution in [0.15, 0.2) is 29.2 Å². The molecule has 0 atom stereocenters. The summed E-state index contributed by atoms with van der Waals surface area (Å²) in [6.45, 7) is 6.93. The van der Waals surface area contributed by atoms with E-state index in [2.05, 4.69) is 0 Å². The third-order valence-corrected chi connectivity index (χ3v) is 4.38. The molecule has 18 heavy (non-hydrogen) atoms. The molecule has 0 unspecified atom stereocenters. The van der Waals surface area contributed by atoms with E-state index in [1.165, 1.54) is 4.31 Å². The van der Waals surface area contributed by atoms with Gasteiger partial charge in [-0.1, -0.05) is 32.9 Å². The predicted molar refractivity (Wildman–Crippen MR) is 73.6 cm³/mol. The lowest BCUT2D eigenvalue weighted by Gasteiger charge is -2.26. The SMILES string of the molecule is CN(CC(C)(C)C)S(=O)(=O)c1ccc(CN)cc1. The Labute approximate surface area is 110 Å². The fourth-order valence-electron chi connectivity index (χ4n) is 1.73. The molecule has 102 valence electrons. The molecule has 1 rings (SSSR count). The Morgan fingerprint density at radius 1 is 1.17 bits per heavy atom. The van der Waals surface area contributed by atoms with E-state index >= 15 is 0 Å². The molecule has 0 saturated heterocycles. The highest BCUT2D eigenvalue weighted by Gasteiger charge is 2.24. The van der Waals surface area contributed by atoms with Crippen molar-refractivity contribution < 1.29 is 8.42 Å². The molecular formula is C13H22N2O2S. The van der Waals surface area contributed by atoms with Crippen molar-refractivity contribution in [2.75, 3.05) is 13.6 Å². The Kier molecular flexibility index (Phi) is 4.53. The largest absolute Gasteiger partial charge is 0.326 e. The van der Waals surface area contributed by atoms with Crippen molar-refractivity contribution in [3.05, 3.63) is 29.8 Å². The van der Waals surface area contributed by atoms with Crippen LogP contribution < -0.4 is 5.73 Å². The second-order valence-electron chi connectivity index (χ2n) is 5.67. The van der Waals surface area contributed by atoms with Gasteiger partial charge in [0.1, 0.15) is 0 Å². The predicted octanol–water partition coefficient (Wildman–Crippen LogP) is 1.81. The van der Waals surface area contributed by atoms with Gasteiger partial charge in [-0.15, -0.1) is 0 Å². The van der Waals surface area contributed by atoms with Crippen LogP contribution in [0, 0.1) is 5.41 Å². The number of hydrogen-bond acceptors (Lipinski definition) is 3. The van der Waals surface area contributed by atoms with Crippen molar-refractivity contribution in [2.45, 2.75) is 32.2 Å². The Balaban J connectivity index is 2.98. The van der Waals surface area contributed by atoms with E-state index in [1.807, 2.05) is 20.8 Å². The van der Waals surface area contributed by atoms with Crippen LogP contribution in [0.5, 0.6) is 0 Å². The first kappa shape index (κ1) is 15.1. The van der Waals surface area contributed by atoms with Crippen molar-refractivity contribution in [1.82, 2.24) is 4.31 Å². The molecule has 0 radical (unpaired) electrons. The van der Waals surface area contributed by atoms with Crippen LogP contribution in [0.4, 0.5) is 0 Å². The minimum absolute atomic E-state index is 0.0704. The molecule has 2 N–H and O–H groups in total. The molecule has 0 aliphatic heterocycles. The van der Waals surface area contributed by atoms with E-state index in [9.17, 15) is 8.42 Å². The standard InChI is InChI=1S/C13H22N2O2S/c1-13(2,3)10-15(4)18(16,17)12-7-5-11(9-14)6-8-12/h5-8H,9-10,14H2,1-4H3. The molecule has 0 bridgehead atoms. The normalized spacial score (nSPS) is 13.0. The van der Waals surface area contributed by atoms with E-state index in [0.717, 1.165) is 5.56 Å². The van der Waals surface area contributed by atoms with E-state index in [4.69, 9.17) is 5.73 Å². The quantitative estimate of drug-likeness (QED) is 0.907. The van der Waals surface area contributed by atoms with E-state index in [1.54, 1.807) is 31.3 Å². The summed E-state index contributed by atoms with van der Waals surface area (Å²) in [5.41, 5.74) is 6.35. The number of sulfonamides is 1. The minimum Gasteiger partial charge on any atom is -0.326 e. The highest BCUT2D eigenvalue weighted by atomic mass is 32.2. The van der Waals surface area contributed by atoms with Gasteiger partial charge in [0.15, 0.2) is 0 Å². The first-order chi connectivity index (χ1) is 8.16. The maximum Gasteiger partial charge on any atom is 0.242 e. The van der Waals surface area contributed by atoms with Gasteiger partial charge in [0, 0.05) is 20.1 Å². The summed E-state index contributed by atoms with van der Waals surface area (Å²) in [6.07, 6.45) is 0. The summed E-state index contributed by atoms with van der Waals surface area (Å²) in [6, 6.07) is 6.71. The van der Waals surface area contributed by atoms with Crippen LogP contribution in [0.25, 0.3) is 0 Å². The van der Waals surface area contributed by atoms with Crippen molar-refractivity contribution in [2.24, 2.45) is 11.1 Å². The average Bonchev–Trinajstić information content (AvgIpc) is 2.27. The third-order valence-electron chi connectivity index (χ3n) is 2.56. The fraction of sp³-hybridized carbons (Fsp3) is 0.538. The van der Waals surface area contributed by atoms with Crippen molar-refractivity contribution >= 4 is 10.0 Å². The Morgan fingerprint density at radius 3 is 2.06 bits per heavy atom. The van der Waals surface area contributed by atoms with Gasteiger partial charge in [0.25, 0.3) is 0 Å². The smallest absolute Gasteiger partial charge is 0.242 e. The monoisotopic (exact) mass is 270 g/mol. The summed E-state index contributed by atoms with van der Waals surface area (Å²) in [7, 11) is -1.80. The van der Waals surface area contributed by atoms with Gasteiger partial charge in [-0.25, -0.2) is 12.7 Å². The summed E-state index contributed by atoms with van der Waals surface area (Å²) in [5, 5.41) is 0. The first-order valence-electron chi connectivity index (χ1n) is 5.92. The Morgan fingerprint density at radius 2 is 1.67 bits per heavy atom. The molecule has 5 heteroatoms. The summed E-state index contributed by atoms with van der Waals surface area (Å²) < 4.78 is 26.0. The van der Waals surface area contributed by atoms with E-state index in [0.29, 0.717) is 18.0 Å². The van der Waals surface area contributed by atoms with Gasteiger partial charge in [-0.05, 0) is 23.1 Å². The first-order valence-corrected chi connectivity index (χ1v) is 7.36. The average molecular weight is 270 g/mol. The van der Waals surface area contributed by atoms with Gasteiger partial charge >= 0.3 is 0 Å². The highest BCUT2D eigenvalue weighted by molar-refractivity contribution is 7.89. The fourth-order valence-corrected chi connectivity index (χ4v) is 3.13. The van der Waals surface area contributed by atoms with Crippen LogP contribution in [0.1, 0.15) is 26.3 Å². The molecule has 0 saturated carbocycles. The van der Waals surface area contributed by atoms with Crippen molar-refractivity contribution in [3.8, 4) is 0 Å². The number of rotatable bonds is 4. The van der Waals surface area contributed by atoms with Crippen LogP contribution in [0.2, 0.25) is 0 Å². The zero-order valence-electron chi connectivity index (χ0n) is 11.5. The lowest BCUT2D eigenvalue weighted by atomic mass is 9.97. The molecule has 0 aliphatic rings. The minimum atomic E-state index is -3.40. The highest BCUT2D eigenvalue weighted by Crippen LogP contribution is 2.20. The summed E-state index contributed by atoms with van der Waals surface area (Å²) in [5.74, 6) is 0. The summed E-state index contributed by atoms with van der Waals surface area (Å²) >= 11 is 0. The Bertz CT molecular complexity index is 487. The van der Waals surface area contributed by atoms with Gasteiger partial charge in [-0.2, -0.15) is 0 Å². The topological polar surface area (TPSA) is 63.4 Å². The van der Waals surface area contributed by atoms with Gasteiger partial charge < -0.3 is 5.73 Å². The van der Waals surface area contributed by atoms with Gasteiger partial charge in [0.05, 0.1) is 4.90 Å². The lowest BCUT2D eigenvalue weighted by molar-refractivity contribution is 0.311. The molecule has 1 aromatic rings. The second-order valence-corrected chi connectivity index (χ2v) is 7.71. The molecule has 4 nitrogen and oxygen atoms in total. The van der Waals surface area contributed by atoms with Crippen LogP contribution >= 0.6 is 0 Å².